The zero-order valence-electron chi connectivity index (χ0n) is 16.2. The lowest BCUT2D eigenvalue weighted by atomic mass is 10.1. The molecule has 0 aliphatic carbocycles. The molecule has 0 fully saturated rings. The molecule has 1 amide bonds. The number of sulfonamides is 1. The maximum atomic E-state index is 12.8. The number of nitrogens with zero attached hydrogens (tertiary/aromatic N) is 2. The Labute approximate surface area is 164 Å². The van der Waals surface area contributed by atoms with Gasteiger partial charge in [-0.2, -0.15) is 4.31 Å². The molecule has 0 aliphatic heterocycles. The molecule has 2 rings (SSSR count). The molecule has 2 aromatic rings. The highest BCUT2D eigenvalue weighted by Gasteiger charge is 2.24. The number of nitrogens with one attached hydrogen (secondary N) is 1. The van der Waals surface area contributed by atoms with Gasteiger partial charge in [0.1, 0.15) is 0 Å². The predicted octanol–water partition coefficient (Wildman–Crippen LogP) is 3.49. The number of rotatable bonds is 7. The Morgan fingerprint density at radius 2 is 1.79 bits per heavy atom. The first-order chi connectivity index (χ1) is 13.1. The molecule has 150 valence electrons. The van der Waals surface area contributed by atoms with E-state index in [0.717, 1.165) is 0 Å². The van der Waals surface area contributed by atoms with Crippen molar-refractivity contribution >= 4 is 27.3 Å². The third-order valence-corrected chi connectivity index (χ3v) is 6.71. The molecular weight excluding hydrogens is 382 g/mol. The quantitative estimate of drug-likeness (QED) is 0.560. The van der Waals surface area contributed by atoms with Gasteiger partial charge in [0.2, 0.25) is 10.0 Å². The molecule has 0 aromatic heterocycles. The van der Waals surface area contributed by atoms with Crippen molar-refractivity contribution in [1.82, 2.24) is 4.31 Å². The van der Waals surface area contributed by atoms with Crippen LogP contribution in [0, 0.1) is 24.0 Å². The maximum absolute atomic E-state index is 12.8. The van der Waals surface area contributed by atoms with E-state index < -0.39 is 20.9 Å². The fourth-order valence-corrected chi connectivity index (χ4v) is 4.63. The van der Waals surface area contributed by atoms with Gasteiger partial charge in [-0.25, -0.2) is 8.42 Å². The minimum absolute atomic E-state index is 0.116. The molecule has 0 unspecified atom stereocenters. The fraction of sp³-hybridized carbons (Fsp3) is 0.316. The average Bonchev–Trinajstić information content (AvgIpc) is 2.63. The molecule has 8 nitrogen and oxygen atoms in total. The summed E-state index contributed by atoms with van der Waals surface area (Å²) in [7, 11) is -3.69. The van der Waals surface area contributed by atoms with E-state index in [1.807, 2.05) is 0 Å². The van der Waals surface area contributed by atoms with E-state index in [4.69, 9.17) is 0 Å². The van der Waals surface area contributed by atoms with E-state index in [9.17, 15) is 23.3 Å². The van der Waals surface area contributed by atoms with Crippen LogP contribution < -0.4 is 5.32 Å². The standard InChI is InChI=1S/C19H23N3O5S/c1-5-21(6-2)28(26,27)18-12-15(11-10-13(18)3)20-19(23)16-8-7-9-17(14(16)4)22(24)25/h7-12H,5-6H2,1-4H3,(H,20,23). The summed E-state index contributed by atoms with van der Waals surface area (Å²) < 4.78 is 27.0. The number of nitro groups is 1. The highest BCUT2D eigenvalue weighted by Crippen LogP contribution is 2.25. The molecule has 0 heterocycles. The van der Waals surface area contributed by atoms with Gasteiger partial charge in [0, 0.05) is 36.0 Å². The largest absolute Gasteiger partial charge is 0.322 e. The van der Waals surface area contributed by atoms with Crippen LogP contribution in [0.15, 0.2) is 41.3 Å². The number of hydrogen-bond acceptors (Lipinski definition) is 5. The fourth-order valence-electron chi connectivity index (χ4n) is 2.92. The molecule has 0 aliphatic rings. The maximum Gasteiger partial charge on any atom is 0.273 e. The highest BCUT2D eigenvalue weighted by atomic mass is 32.2. The van der Waals surface area contributed by atoms with Crippen molar-refractivity contribution in [2.75, 3.05) is 18.4 Å². The molecule has 0 radical (unpaired) electrons. The van der Waals surface area contributed by atoms with Gasteiger partial charge in [-0.3, -0.25) is 14.9 Å². The second-order valence-corrected chi connectivity index (χ2v) is 8.14. The van der Waals surface area contributed by atoms with Gasteiger partial charge in [0.05, 0.1) is 9.82 Å². The number of carbonyl (C=O) groups is 1. The number of amides is 1. The summed E-state index contributed by atoms with van der Waals surface area (Å²) in [4.78, 5) is 23.2. The Bertz CT molecular complexity index is 1010. The zero-order valence-corrected chi connectivity index (χ0v) is 17.0. The Morgan fingerprint density at radius 1 is 1.14 bits per heavy atom. The lowest BCUT2D eigenvalue weighted by Crippen LogP contribution is -2.31. The molecule has 0 spiro atoms. The highest BCUT2D eigenvalue weighted by molar-refractivity contribution is 7.89. The third kappa shape index (κ3) is 4.20. The molecule has 9 heteroatoms. The first-order valence-corrected chi connectivity index (χ1v) is 10.2. The molecule has 28 heavy (non-hydrogen) atoms. The summed E-state index contributed by atoms with van der Waals surface area (Å²) in [5.41, 5.74) is 1.11. The molecule has 0 saturated heterocycles. The molecule has 0 saturated carbocycles. The van der Waals surface area contributed by atoms with E-state index in [1.54, 1.807) is 32.9 Å². The second kappa shape index (κ2) is 8.49. The van der Waals surface area contributed by atoms with Crippen LogP contribution in [-0.4, -0.2) is 36.6 Å². The van der Waals surface area contributed by atoms with E-state index in [2.05, 4.69) is 5.32 Å². The number of nitro benzene ring substituents is 1. The number of hydrogen-bond donors (Lipinski definition) is 1. The molecule has 0 atom stereocenters. The molecule has 0 bridgehead atoms. The lowest BCUT2D eigenvalue weighted by molar-refractivity contribution is -0.385. The van der Waals surface area contributed by atoms with Gasteiger partial charge in [-0.1, -0.05) is 26.0 Å². The minimum atomic E-state index is -3.69. The van der Waals surface area contributed by atoms with Gasteiger partial charge in [-0.05, 0) is 37.6 Å². The zero-order chi connectivity index (χ0) is 21.1. The molecule has 2 aromatic carbocycles. The van der Waals surface area contributed by atoms with Crippen molar-refractivity contribution < 1.29 is 18.1 Å². The van der Waals surface area contributed by atoms with Crippen molar-refractivity contribution in [3.63, 3.8) is 0 Å². The smallest absolute Gasteiger partial charge is 0.273 e. The van der Waals surface area contributed by atoms with Crippen LogP contribution in [0.5, 0.6) is 0 Å². The number of benzene rings is 2. The summed E-state index contributed by atoms with van der Waals surface area (Å²) in [6.07, 6.45) is 0. The van der Waals surface area contributed by atoms with E-state index in [0.29, 0.717) is 24.3 Å². The molecule has 1 N–H and O–H groups in total. The summed E-state index contributed by atoms with van der Waals surface area (Å²) in [5.74, 6) is -0.545. The second-order valence-electron chi connectivity index (χ2n) is 6.23. The van der Waals surface area contributed by atoms with E-state index in [1.165, 1.54) is 35.5 Å². The van der Waals surface area contributed by atoms with Gasteiger partial charge < -0.3 is 5.32 Å². The van der Waals surface area contributed by atoms with Gasteiger partial charge in [-0.15, -0.1) is 0 Å². The Balaban J connectivity index is 2.40. The Morgan fingerprint density at radius 3 is 2.36 bits per heavy atom. The van der Waals surface area contributed by atoms with E-state index >= 15 is 0 Å². The summed E-state index contributed by atoms with van der Waals surface area (Å²) in [6.45, 7) is 7.37. The first-order valence-electron chi connectivity index (χ1n) is 8.79. The number of aryl methyl sites for hydroxylation is 1. The van der Waals surface area contributed by atoms with Crippen molar-refractivity contribution in [3.05, 3.63) is 63.2 Å². The van der Waals surface area contributed by atoms with Gasteiger partial charge >= 0.3 is 0 Å². The first kappa shape index (κ1) is 21.5. The summed E-state index contributed by atoms with van der Waals surface area (Å²) in [6, 6.07) is 8.87. The minimum Gasteiger partial charge on any atom is -0.322 e. The van der Waals surface area contributed by atoms with Gasteiger partial charge in [0.15, 0.2) is 0 Å². The summed E-state index contributed by atoms with van der Waals surface area (Å²) in [5, 5.41) is 13.7. The SMILES string of the molecule is CCN(CC)S(=O)(=O)c1cc(NC(=O)c2cccc([N+](=O)[O-])c2C)ccc1C. The number of carbonyl (C=O) groups excluding carboxylic acids is 1. The summed E-state index contributed by atoms with van der Waals surface area (Å²) >= 11 is 0. The number of anilines is 1. The van der Waals surface area contributed by atoms with E-state index in [-0.39, 0.29) is 21.7 Å². The Kier molecular flexibility index (Phi) is 6.52. The lowest BCUT2D eigenvalue weighted by Gasteiger charge is -2.20. The van der Waals surface area contributed by atoms with Crippen LogP contribution in [0.4, 0.5) is 11.4 Å². The van der Waals surface area contributed by atoms with Gasteiger partial charge in [0.25, 0.3) is 11.6 Å². The van der Waals surface area contributed by atoms with Crippen LogP contribution in [-0.2, 0) is 10.0 Å². The van der Waals surface area contributed by atoms with Crippen molar-refractivity contribution in [2.24, 2.45) is 0 Å². The van der Waals surface area contributed by atoms with Crippen molar-refractivity contribution in [1.29, 1.82) is 0 Å². The normalized spacial score (nSPS) is 11.5. The molecular formula is C19H23N3O5S. The third-order valence-electron chi connectivity index (χ3n) is 4.52. The predicted molar refractivity (Wildman–Crippen MR) is 107 cm³/mol. The van der Waals surface area contributed by atoms with Crippen LogP contribution in [0.2, 0.25) is 0 Å². The van der Waals surface area contributed by atoms with Crippen LogP contribution >= 0.6 is 0 Å². The Hall–Kier alpha value is -2.78. The topological polar surface area (TPSA) is 110 Å². The van der Waals surface area contributed by atoms with Crippen molar-refractivity contribution in [3.8, 4) is 0 Å². The van der Waals surface area contributed by atoms with Crippen molar-refractivity contribution in [2.45, 2.75) is 32.6 Å². The van der Waals surface area contributed by atoms with Crippen LogP contribution in [0.25, 0.3) is 0 Å². The van der Waals surface area contributed by atoms with Crippen LogP contribution in [0.1, 0.15) is 35.3 Å². The van der Waals surface area contributed by atoms with Crippen LogP contribution in [0.3, 0.4) is 0 Å². The monoisotopic (exact) mass is 405 g/mol. The average molecular weight is 405 g/mol.